The Kier molecular flexibility index (Phi) is 6.48. The summed E-state index contributed by atoms with van der Waals surface area (Å²) in [6.45, 7) is 1.71. The molecule has 2 aromatic carbocycles. The number of anilines is 1. The molecule has 7 heteroatoms. The molecule has 6 nitrogen and oxygen atoms in total. The lowest BCUT2D eigenvalue weighted by molar-refractivity contribution is -0.119. The molecule has 0 unspecified atom stereocenters. The van der Waals surface area contributed by atoms with E-state index in [1.807, 2.05) is 37.3 Å². The molecule has 5 rings (SSSR count). The molecule has 35 heavy (non-hydrogen) atoms. The highest BCUT2D eigenvalue weighted by atomic mass is 35.5. The molecular weight excluding hydrogens is 466 g/mol. The normalized spacial score (nSPS) is 18.1. The zero-order chi connectivity index (χ0) is 24.5. The van der Waals surface area contributed by atoms with E-state index in [1.165, 1.54) is 0 Å². The predicted octanol–water partition coefficient (Wildman–Crippen LogP) is 5.79. The van der Waals surface area contributed by atoms with Gasteiger partial charge in [0.25, 0.3) is 5.91 Å². The Morgan fingerprint density at radius 2 is 1.66 bits per heavy atom. The van der Waals surface area contributed by atoms with E-state index in [4.69, 9.17) is 21.1 Å². The summed E-state index contributed by atoms with van der Waals surface area (Å²) in [6, 6.07) is 12.7. The number of aryl methyl sites for hydroxylation is 1. The third-order valence-corrected chi connectivity index (χ3v) is 7.00. The Bertz CT molecular complexity index is 1250. The maximum atomic E-state index is 12.9. The lowest BCUT2D eigenvalue weighted by Gasteiger charge is -2.36. The topological polar surface area (TPSA) is 81.7 Å². The van der Waals surface area contributed by atoms with E-state index < -0.39 is 5.92 Å². The van der Waals surface area contributed by atoms with Gasteiger partial charge in [0, 0.05) is 48.4 Å². The first-order valence-electron chi connectivity index (χ1n) is 11.9. The number of nitrogens with one attached hydrogen (secondary N) is 1. The summed E-state index contributed by atoms with van der Waals surface area (Å²) < 4.78 is 11.8. The van der Waals surface area contributed by atoms with Crippen molar-refractivity contribution in [3.05, 3.63) is 81.3 Å². The van der Waals surface area contributed by atoms with Crippen LogP contribution in [0.5, 0.6) is 5.75 Å². The molecule has 2 aliphatic carbocycles. The molecule has 0 fully saturated rings. The fraction of sp³-hybridized carbons (Fsp3) is 0.321. The first kappa shape index (κ1) is 23.4. The maximum absolute atomic E-state index is 12.9. The van der Waals surface area contributed by atoms with Crippen LogP contribution in [-0.4, -0.2) is 24.1 Å². The summed E-state index contributed by atoms with van der Waals surface area (Å²) in [4.78, 5) is 38.2. The number of benzene rings is 2. The van der Waals surface area contributed by atoms with Gasteiger partial charge in [-0.2, -0.15) is 0 Å². The van der Waals surface area contributed by atoms with Gasteiger partial charge in [0.2, 0.25) is 0 Å². The van der Waals surface area contributed by atoms with Crippen molar-refractivity contribution >= 4 is 34.8 Å². The number of Topliss-reactive ketones (excluding diaryl/α,β-unsaturated/α-hetero) is 2. The number of ether oxygens (including phenoxy) is 2. The van der Waals surface area contributed by atoms with Gasteiger partial charge in [-0.1, -0.05) is 35.9 Å². The molecule has 0 aromatic heterocycles. The summed E-state index contributed by atoms with van der Waals surface area (Å²) in [6.07, 6.45) is 3.76. The lowest BCUT2D eigenvalue weighted by atomic mass is 9.73. The van der Waals surface area contributed by atoms with Crippen molar-refractivity contribution in [1.82, 2.24) is 0 Å². The average Bonchev–Trinajstić information content (AvgIpc) is 2.84. The molecule has 0 radical (unpaired) electrons. The summed E-state index contributed by atoms with van der Waals surface area (Å²) in [5.41, 5.74) is 3.58. The van der Waals surface area contributed by atoms with Gasteiger partial charge in [-0.25, -0.2) is 0 Å². The molecule has 0 saturated heterocycles. The Balaban J connectivity index is 1.39. The lowest BCUT2D eigenvalue weighted by Crippen LogP contribution is -2.30. The van der Waals surface area contributed by atoms with Crippen LogP contribution >= 0.6 is 11.6 Å². The number of rotatable bonds is 5. The monoisotopic (exact) mass is 491 g/mol. The van der Waals surface area contributed by atoms with Gasteiger partial charge in [-0.15, -0.1) is 0 Å². The summed E-state index contributed by atoms with van der Waals surface area (Å²) >= 11 is 6.55. The SMILES string of the molecule is Cc1ccccc1NC(=O)COc1ccc(C2C3=C(CCCC3=O)OC3=C2C(=O)CCC3)cc1Cl. The van der Waals surface area contributed by atoms with Gasteiger partial charge in [0.05, 0.1) is 5.02 Å². The average molecular weight is 492 g/mol. The van der Waals surface area contributed by atoms with Gasteiger partial charge < -0.3 is 14.8 Å². The Morgan fingerprint density at radius 3 is 2.29 bits per heavy atom. The molecule has 1 heterocycles. The van der Waals surface area contributed by atoms with Gasteiger partial charge in [0.1, 0.15) is 17.3 Å². The fourth-order valence-electron chi connectivity index (χ4n) is 5.01. The standard InChI is InChI=1S/C28H26ClNO5/c1-16-6-2-3-7-19(16)30-25(33)15-34-22-13-12-17(14-18(22)29)26-27-20(31)8-4-10-23(27)35-24-11-5-9-21(32)28(24)26/h2-3,6-7,12-14,26H,4-5,8-11,15H2,1H3,(H,30,33). The van der Waals surface area contributed by atoms with E-state index in [1.54, 1.807) is 12.1 Å². The smallest absolute Gasteiger partial charge is 0.262 e. The minimum atomic E-state index is -0.481. The number of hydrogen-bond acceptors (Lipinski definition) is 5. The number of halogens is 1. The van der Waals surface area contributed by atoms with E-state index >= 15 is 0 Å². The van der Waals surface area contributed by atoms with E-state index in [0.29, 0.717) is 59.1 Å². The second kappa shape index (κ2) is 9.70. The molecule has 0 atom stereocenters. The molecule has 0 bridgehead atoms. The molecule has 0 saturated carbocycles. The quantitative estimate of drug-likeness (QED) is 0.572. The summed E-state index contributed by atoms with van der Waals surface area (Å²) in [5.74, 6) is 0.985. The number of para-hydroxylation sites is 1. The van der Waals surface area contributed by atoms with Crippen LogP contribution in [0.4, 0.5) is 5.69 Å². The zero-order valence-corrected chi connectivity index (χ0v) is 20.2. The number of carbonyl (C=O) groups is 3. The van der Waals surface area contributed by atoms with Crippen molar-refractivity contribution in [2.75, 3.05) is 11.9 Å². The number of amides is 1. The molecule has 3 aliphatic rings. The van der Waals surface area contributed by atoms with Crippen molar-refractivity contribution in [2.24, 2.45) is 0 Å². The van der Waals surface area contributed by atoms with Crippen molar-refractivity contribution in [3.8, 4) is 5.75 Å². The van der Waals surface area contributed by atoms with Crippen molar-refractivity contribution in [1.29, 1.82) is 0 Å². The molecular formula is C28H26ClNO5. The third kappa shape index (κ3) is 4.63. The maximum Gasteiger partial charge on any atom is 0.262 e. The van der Waals surface area contributed by atoms with Crippen molar-refractivity contribution in [2.45, 2.75) is 51.4 Å². The van der Waals surface area contributed by atoms with Crippen molar-refractivity contribution < 1.29 is 23.9 Å². The molecule has 1 amide bonds. The van der Waals surface area contributed by atoms with Crippen LogP contribution in [0.25, 0.3) is 0 Å². The van der Waals surface area contributed by atoms with Gasteiger partial charge in [0.15, 0.2) is 18.2 Å². The van der Waals surface area contributed by atoms with Gasteiger partial charge in [-0.05, 0) is 49.1 Å². The van der Waals surface area contributed by atoms with Gasteiger partial charge >= 0.3 is 0 Å². The first-order chi connectivity index (χ1) is 16.9. The Hall–Kier alpha value is -3.38. The number of ketones is 2. The first-order valence-corrected chi connectivity index (χ1v) is 12.3. The van der Waals surface area contributed by atoms with Crippen LogP contribution in [0.2, 0.25) is 5.02 Å². The van der Waals surface area contributed by atoms with E-state index in [0.717, 1.165) is 29.7 Å². The number of carbonyl (C=O) groups excluding carboxylic acids is 3. The minimum absolute atomic E-state index is 0.0190. The van der Waals surface area contributed by atoms with Crippen LogP contribution in [0.3, 0.4) is 0 Å². The molecule has 0 spiro atoms. The molecule has 180 valence electrons. The Labute approximate surface area is 208 Å². The number of hydrogen-bond donors (Lipinski definition) is 1. The largest absolute Gasteiger partial charge is 0.482 e. The minimum Gasteiger partial charge on any atom is -0.482 e. The highest BCUT2D eigenvalue weighted by Gasteiger charge is 2.41. The third-order valence-electron chi connectivity index (χ3n) is 6.71. The van der Waals surface area contributed by atoms with E-state index in [9.17, 15) is 14.4 Å². The fourth-order valence-corrected chi connectivity index (χ4v) is 5.25. The van der Waals surface area contributed by atoms with Crippen LogP contribution in [-0.2, 0) is 19.1 Å². The van der Waals surface area contributed by atoms with Crippen LogP contribution in [0.15, 0.2) is 65.1 Å². The number of allylic oxidation sites excluding steroid dienone is 4. The highest BCUT2D eigenvalue weighted by molar-refractivity contribution is 6.32. The van der Waals surface area contributed by atoms with E-state index in [-0.39, 0.29) is 24.1 Å². The molecule has 1 aliphatic heterocycles. The van der Waals surface area contributed by atoms with Crippen LogP contribution in [0.1, 0.15) is 55.6 Å². The van der Waals surface area contributed by atoms with Gasteiger partial charge in [-0.3, -0.25) is 14.4 Å². The van der Waals surface area contributed by atoms with Crippen LogP contribution < -0.4 is 10.1 Å². The van der Waals surface area contributed by atoms with Crippen LogP contribution in [0, 0.1) is 6.92 Å². The van der Waals surface area contributed by atoms with E-state index in [2.05, 4.69) is 5.32 Å². The highest BCUT2D eigenvalue weighted by Crippen LogP contribution is 2.48. The molecule has 1 N–H and O–H groups in total. The summed E-state index contributed by atoms with van der Waals surface area (Å²) in [7, 11) is 0. The predicted molar refractivity (Wildman–Crippen MR) is 132 cm³/mol. The van der Waals surface area contributed by atoms with Crippen molar-refractivity contribution in [3.63, 3.8) is 0 Å². The molecule has 2 aromatic rings. The zero-order valence-electron chi connectivity index (χ0n) is 19.5. The second-order valence-electron chi connectivity index (χ2n) is 9.10. The summed E-state index contributed by atoms with van der Waals surface area (Å²) in [5, 5.41) is 3.14. The second-order valence-corrected chi connectivity index (χ2v) is 9.51. The Morgan fingerprint density at radius 1 is 1.00 bits per heavy atom.